The normalized spacial score (nSPS) is 14.1. The molecular weight excluding hydrogens is 236 g/mol. The summed E-state index contributed by atoms with van der Waals surface area (Å²) < 4.78 is 1.60. The maximum absolute atomic E-state index is 10.0. The van der Waals surface area contributed by atoms with Gasteiger partial charge >= 0.3 is 0 Å². The maximum Gasteiger partial charge on any atom is 0.233 e. The van der Waals surface area contributed by atoms with E-state index in [2.05, 4.69) is 20.0 Å². The Balaban J connectivity index is 2.17. The Morgan fingerprint density at radius 1 is 1.44 bits per heavy atom. The van der Waals surface area contributed by atoms with Crippen molar-refractivity contribution in [3.05, 3.63) is 40.8 Å². The van der Waals surface area contributed by atoms with Crippen molar-refractivity contribution in [2.75, 3.05) is 6.54 Å². The van der Waals surface area contributed by atoms with Crippen LogP contribution in [0.15, 0.2) is 29.8 Å². The van der Waals surface area contributed by atoms with Gasteiger partial charge in [0.1, 0.15) is 6.10 Å². The molecule has 18 heavy (non-hydrogen) atoms. The first-order valence-corrected chi connectivity index (χ1v) is 5.39. The second-order valence-corrected chi connectivity index (χ2v) is 3.73. The van der Waals surface area contributed by atoms with Gasteiger partial charge in [0, 0.05) is 23.9 Å². The van der Waals surface area contributed by atoms with Gasteiger partial charge in [0.15, 0.2) is 0 Å². The highest BCUT2D eigenvalue weighted by Crippen LogP contribution is 2.19. The number of fused-ring (bicyclic) bond motifs is 1. The summed E-state index contributed by atoms with van der Waals surface area (Å²) in [5, 5.41) is 23.1. The van der Waals surface area contributed by atoms with Gasteiger partial charge in [-0.25, -0.2) is 9.97 Å². The van der Waals surface area contributed by atoms with Crippen LogP contribution in [0.3, 0.4) is 0 Å². The quantitative estimate of drug-likeness (QED) is 0.462. The molecule has 0 spiro atoms. The molecule has 0 aliphatic carbocycles. The highest BCUT2D eigenvalue weighted by molar-refractivity contribution is 5.31. The number of aromatic nitrogens is 3. The molecular formula is C10H12N6O2. The SMILES string of the molecule is [N-]=[N+]=NCCC(O)C(O)c1cnc2ncccn12. The Bertz CT molecular complexity index is 577. The van der Waals surface area contributed by atoms with E-state index in [1.807, 2.05) is 0 Å². The van der Waals surface area contributed by atoms with Crippen LogP contribution in [0.1, 0.15) is 18.2 Å². The van der Waals surface area contributed by atoms with Crippen molar-refractivity contribution in [1.82, 2.24) is 14.4 Å². The van der Waals surface area contributed by atoms with Crippen LogP contribution >= 0.6 is 0 Å². The van der Waals surface area contributed by atoms with E-state index in [9.17, 15) is 10.2 Å². The molecule has 0 bridgehead atoms. The molecule has 0 saturated heterocycles. The van der Waals surface area contributed by atoms with Gasteiger partial charge in [-0.3, -0.25) is 4.40 Å². The molecule has 2 N–H and O–H groups in total. The molecule has 2 aromatic heterocycles. The first kappa shape index (κ1) is 12.3. The first-order chi connectivity index (χ1) is 8.74. The fourth-order valence-corrected chi connectivity index (χ4v) is 1.65. The number of imidazole rings is 1. The van der Waals surface area contributed by atoms with Crippen molar-refractivity contribution >= 4 is 5.78 Å². The third-order valence-corrected chi connectivity index (χ3v) is 2.57. The van der Waals surface area contributed by atoms with E-state index in [0.29, 0.717) is 11.5 Å². The summed E-state index contributed by atoms with van der Waals surface area (Å²) in [5.41, 5.74) is 8.59. The highest BCUT2D eigenvalue weighted by atomic mass is 16.3. The number of hydrogen-bond acceptors (Lipinski definition) is 5. The van der Waals surface area contributed by atoms with Gasteiger partial charge in [0.05, 0.1) is 18.0 Å². The van der Waals surface area contributed by atoms with Gasteiger partial charge in [-0.15, -0.1) is 0 Å². The summed E-state index contributed by atoms with van der Waals surface area (Å²) in [7, 11) is 0. The van der Waals surface area contributed by atoms with Gasteiger partial charge < -0.3 is 10.2 Å². The Hall–Kier alpha value is -2.15. The van der Waals surface area contributed by atoms with Crippen LogP contribution in [0, 0.1) is 0 Å². The molecule has 2 atom stereocenters. The number of aliphatic hydroxyl groups excluding tert-OH is 2. The fraction of sp³-hybridized carbons (Fsp3) is 0.400. The molecule has 0 aromatic carbocycles. The van der Waals surface area contributed by atoms with E-state index in [1.54, 1.807) is 22.9 Å². The van der Waals surface area contributed by atoms with E-state index in [-0.39, 0.29) is 13.0 Å². The summed E-state index contributed by atoms with van der Waals surface area (Å²) in [5.74, 6) is 0.453. The molecule has 2 aromatic rings. The van der Waals surface area contributed by atoms with Crippen molar-refractivity contribution in [2.45, 2.75) is 18.6 Å². The smallest absolute Gasteiger partial charge is 0.233 e. The van der Waals surface area contributed by atoms with E-state index in [0.717, 1.165) is 0 Å². The van der Waals surface area contributed by atoms with Crippen molar-refractivity contribution in [2.24, 2.45) is 5.11 Å². The number of rotatable bonds is 5. The predicted molar refractivity (Wildman–Crippen MR) is 62.6 cm³/mol. The fourth-order valence-electron chi connectivity index (χ4n) is 1.65. The van der Waals surface area contributed by atoms with Crippen LogP contribution in [0.25, 0.3) is 16.2 Å². The number of aliphatic hydroxyl groups is 2. The minimum absolute atomic E-state index is 0.129. The van der Waals surface area contributed by atoms with Crippen molar-refractivity contribution in [1.29, 1.82) is 0 Å². The van der Waals surface area contributed by atoms with Gasteiger partial charge in [-0.05, 0) is 18.0 Å². The molecule has 0 fully saturated rings. The lowest BCUT2D eigenvalue weighted by Gasteiger charge is -2.16. The van der Waals surface area contributed by atoms with Crippen LogP contribution in [0.5, 0.6) is 0 Å². The average Bonchev–Trinajstić information content (AvgIpc) is 2.82. The Morgan fingerprint density at radius 2 is 2.28 bits per heavy atom. The molecule has 94 valence electrons. The lowest BCUT2D eigenvalue weighted by molar-refractivity contribution is 0.0120. The van der Waals surface area contributed by atoms with Crippen LogP contribution in [0.2, 0.25) is 0 Å². The van der Waals surface area contributed by atoms with Gasteiger partial charge in [0.2, 0.25) is 5.78 Å². The standard InChI is InChI=1S/C10H12N6O2/c11-15-14-4-2-8(17)9(18)7-6-13-10-12-3-1-5-16(7)10/h1,3,5-6,8-9,17-18H,2,4H2. The monoisotopic (exact) mass is 248 g/mol. The third kappa shape index (κ3) is 2.40. The van der Waals surface area contributed by atoms with Crippen molar-refractivity contribution < 1.29 is 10.2 Å². The lowest BCUT2D eigenvalue weighted by Crippen LogP contribution is -2.20. The lowest BCUT2D eigenvalue weighted by atomic mass is 10.1. The maximum atomic E-state index is 10.0. The zero-order valence-electron chi connectivity index (χ0n) is 9.46. The highest BCUT2D eigenvalue weighted by Gasteiger charge is 2.21. The summed E-state index contributed by atoms with van der Waals surface area (Å²) in [6.45, 7) is 0.129. The van der Waals surface area contributed by atoms with Crippen LogP contribution in [0.4, 0.5) is 0 Å². The average molecular weight is 248 g/mol. The number of azide groups is 1. The minimum Gasteiger partial charge on any atom is -0.390 e. The molecule has 8 nitrogen and oxygen atoms in total. The molecule has 0 amide bonds. The van der Waals surface area contributed by atoms with Gasteiger partial charge in [0.25, 0.3) is 0 Å². The second kappa shape index (κ2) is 5.46. The minimum atomic E-state index is -1.10. The summed E-state index contributed by atoms with van der Waals surface area (Å²) >= 11 is 0. The van der Waals surface area contributed by atoms with Gasteiger partial charge in [-0.2, -0.15) is 0 Å². The Kier molecular flexibility index (Phi) is 3.73. The van der Waals surface area contributed by atoms with Crippen molar-refractivity contribution in [3.8, 4) is 0 Å². The van der Waals surface area contributed by atoms with E-state index in [4.69, 9.17) is 5.53 Å². The molecule has 8 heteroatoms. The van der Waals surface area contributed by atoms with E-state index < -0.39 is 12.2 Å². The zero-order valence-corrected chi connectivity index (χ0v) is 9.46. The Labute approximate surface area is 102 Å². The molecule has 0 saturated carbocycles. The Morgan fingerprint density at radius 3 is 3.06 bits per heavy atom. The van der Waals surface area contributed by atoms with Crippen LogP contribution in [-0.2, 0) is 0 Å². The molecule has 2 heterocycles. The van der Waals surface area contributed by atoms with Gasteiger partial charge in [-0.1, -0.05) is 5.11 Å². The van der Waals surface area contributed by atoms with E-state index in [1.165, 1.54) is 6.20 Å². The topological polar surface area (TPSA) is 119 Å². The molecule has 0 aliphatic heterocycles. The van der Waals surface area contributed by atoms with Crippen molar-refractivity contribution in [3.63, 3.8) is 0 Å². The first-order valence-electron chi connectivity index (χ1n) is 5.39. The van der Waals surface area contributed by atoms with Crippen LogP contribution < -0.4 is 0 Å². The molecule has 2 unspecified atom stereocenters. The number of nitrogens with zero attached hydrogens (tertiary/aromatic N) is 6. The zero-order chi connectivity index (χ0) is 13.0. The summed E-state index contributed by atoms with van der Waals surface area (Å²) in [6.07, 6.45) is 2.82. The largest absolute Gasteiger partial charge is 0.390 e. The third-order valence-electron chi connectivity index (χ3n) is 2.57. The molecule has 0 aliphatic rings. The molecule has 0 radical (unpaired) electrons. The summed E-state index contributed by atoms with van der Waals surface area (Å²) in [4.78, 5) is 10.6. The molecule has 2 rings (SSSR count). The van der Waals surface area contributed by atoms with Crippen LogP contribution in [-0.4, -0.2) is 37.2 Å². The summed E-state index contributed by atoms with van der Waals surface area (Å²) in [6, 6.07) is 1.71. The number of hydrogen-bond donors (Lipinski definition) is 2. The predicted octanol–water partition coefficient (Wildman–Crippen LogP) is 0.824. The second-order valence-electron chi connectivity index (χ2n) is 3.73. The van der Waals surface area contributed by atoms with E-state index >= 15 is 0 Å².